The Balaban J connectivity index is 0.000000817. The molecule has 0 fully saturated rings. The second-order valence-electron chi connectivity index (χ2n) is 12.1. The minimum absolute atomic E-state index is 0. The number of carbonyl (C=O) groups is 3. The minimum Gasteiger partial charge on any atom is -0.356 e. The third kappa shape index (κ3) is 18.0. The van der Waals surface area contributed by atoms with Crippen LogP contribution >= 0.6 is 0 Å². The molecule has 19 nitrogen and oxygen atoms in total. The van der Waals surface area contributed by atoms with Crippen molar-refractivity contribution < 1.29 is 68.3 Å². The van der Waals surface area contributed by atoms with Crippen LogP contribution in [0.25, 0.3) is 32.3 Å². The maximum Gasteiger partial charge on any atom is 4.00 e. The number of amides is 3. The molecule has 0 atom stereocenters. The number of rotatable bonds is 12. The second-order valence-corrected chi connectivity index (χ2v) is 12.1. The van der Waals surface area contributed by atoms with Crippen molar-refractivity contribution in [3.05, 3.63) is 190 Å². The quantitative estimate of drug-likeness (QED) is 0.108. The molecule has 307 valence electrons. The number of benzene rings is 6. The summed E-state index contributed by atoms with van der Waals surface area (Å²) < 4.78 is 0. The summed E-state index contributed by atoms with van der Waals surface area (Å²) in [4.78, 5) is 65.8. The van der Waals surface area contributed by atoms with Gasteiger partial charge in [-0.2, -0.15) is 0 Å². The van der Waals surface area contributed by atoms with E-state index in [2.05, 4.69) is 16.0 Å². The molecule has 0 aromatic heterocycles. The Labute approximate surface area is 366 Å². The van der Waals surface area contributed by atoms with E-state index in [4.69, 9.17) is 46.0 Å². The van der Waals surface area contributed by atoms with Crippen molar-refractivity contribution >= 4 is 50.0 Å². The van der Waals surface area contributed by atoms with E-state index in [1.165, 1.54) is 0 Å². The van der Waals surface area contributed by atoms with Crippen molar-refractivity contribution in [2.24, 2.45) is 0 Å². The molecule has 0 aliphatic rings. The monoisotopic (exact) mass is 953 g/mol. The summed E-state index contributed by atoms with van der Waals surface area (Å²) in [5.41, 5.74) is 3.00. The molecule has 0 heterocycles. The Bertz CT molecular complexity index is 2080. The van der Waals surface area contributed by atoms with Crippen LogP contribution < -0.4 is 16.0 Å². The minimum atomic E-state index is -1.75. The maximum atomic E-state index is 13.2. The van der Waals surface area contributed by atoms with E-state index in [0.29, 0.717) is 19.6 Å². The van der Waals surface area contributed by atoms with Gasteiger partial charge in [-0.15, -0.1) is 0 Å². The van der Waals surface area contributed by atoms with Crippen molar-refractivity contribution in [3.8, 4) is 0 Å². The van der Waals surface area contributed by atoms with Gasteiger partial charge in [0.2, 0.25) is 17.7 Å². The largest absolute Gasteiger partial charge is 4.00 e. The van der Waals surface area contributed by atoms with Crippen molar-refractivity contribution in [1.82, 2.24) is 20.9 Å². The fraction of sp³-hybridized carbons (Fsp3) is 0.154. The van der Waals surface area contributed by atoms with Gasteiger partial charge in [0.15, 0.2) is 0 Å². The summed E-state index contributed by atoms with van der Waals surface area (Å²) in [7, 11) is 0. The van der Waals surface area contributed by atoms with Crippen LogP contribution in [0.15, 0.2) is 127 Å². The van der Waals surface area contributed by atoms with Crippen LogP contribution in [0.4, 0.5) is 0 Å². The van der Waals surface area contributed by atoms with E-state index in [1.54, 1.807) is 4.90 Å². The predicted octanol–water partition coefficient (Wildman–Crippen LogP) is 4.98. The standard InChI is InChI=1S/C39H36N4O3.3NO3.Tb/c44-37(40-22-31-16-7-13-28-10-1-4-19-34(28)31)25-43(26-38(45)41-23-32-17-8-14-29-11-2-5-20-35(29)32)27-39(46)42-24-33-18-9-15-30-12-3-6-21-36(30)33;3*2-1(3)4;/h1-21H,22-27H2,(H,40,44)(H,41,45)(H,42,46);;;;/q;3*-1;+4. The van der Waals surface area contributed by atoms with Crippen LogP contribution in [0.2, 0.25) is 0 Å². The Morgan fingerprint density at radius 3 is 0.881 bits per heavy atom. The van der Waals surface area contributed by atoms with Crippen molar-refractivity contribution in [1.29, 1.82) is 0 Å². The molecule has 0 saturated heterocycles. The van der Waals surface area contributed by atoms with Crippen LogP contribution in [0.5, 0.6) is 0 Å². The zero-order chi connectivity index (χ0) is 42.5. The Hall–Kier alpha value is -6.64. The van der Waals surface area contributed by atoms with Gasteiger partial charge in [0, 0.05) is 19.6 Å². The number of nitrogens with one attached hydrogen (secondary N) is 3. The molecule has 0 bridgehead atoms. The van der Waals surface area contributed by atoms with Crippen LogP contribution in [0.3, 0.4) is 0 Å². The first-order valence-electron chi connectivity index (χ1n) is 17.1. The van der Waals surface area contributed by atoms with E-state index in [-0.39, 0.29) is 76.0 Å². The molecular formula is C39H36N7O12Tb+. The van der Waals surface area contributed by atoms with Gasteiger partial charge in [-0.05, 0) is 49.0 Å². The molecule has 1 radical (unpaired) electrons. The number of nitrogens with zero attached hydrogens (tertiary/aromatic N) is 4. The smallest absolute Gasteiger partial charge is 0.356 e. The average Bonchev–Trinajstić information content (AvgIpc) is 3.17. The van der Waals surface area contributed by atoms with Crippen LogP contribution in [-0.2, 0) is 34.0 Å². The third-order valence-electron chi connectivity index (χ3n) is 8.17. The molecule has 0 unspecified atom stereocenters. The molecule has 6 aromatic rings. The molecule has 0 saturated carbocycles. The van der Waals surface area contributed by atoms with Crippen molar-refractivity contribution in [3.63, 3.8) is 0 Å². The van der Waals surface area contributed by atoms with Crippen LogP contribution in [-0.4, -0.2) is 57.5 Å². The molecule has 3 amide bonds. The molecule has 6 rings (SSSR count). The summed E-state index contributed by atoms with van der Waals surface area (Å²) in [5.74, 6) is -0.801. The SMILES string of the molecule is O=C(CN(CC(=O)NCc1cccc2ccccc12)CC(=O)NCc1cccc2ccccc12)NCc1cccc2ccccc12.O=[N+]([O-])[O-].O=[N+]([O-])[O-].O=[N+]([O-])[O-].[Tb+4]. The Kier molecular flexibility index (Phi) is 21.0. The molecule has 6 aromatic carbocycles. The average molecular weight is 954 g/mol. The molecule has 3 N–H and O–H groups in total. The molecule has 20 heteroatoms. The van der Waals surface area contributed by atoms with Gasteiger partial charge < -0.3 is 61.9 Å². The summed E-state index contributed by atoms with van der Waals surface area (Å²) in [5, 5.41) is 59.7. The first-order valence-corrected chi connectivity index (χ1v) is 17.1. The maximum absolute atomic E-state index is 13.2. The molecule has 0 aliphatic carbocycles. The molecule has 0 aliphatic heterocycles. The summed E-state index contributed by atoms with van der Waals surface area (Å²) in [6, 6.07) is 42.1. The molecular weight excluding hydrogens is 917 g/mol. The topological polar surface area (TPSA) is 289 Å². The van der Waals surface area contributed by atoms with Crippen LogP contribution in [0.1, 0.15) is 16.7 Å². The summed E-state index contributed by atoms with van der Waals surface area (Å²) >= 11 is 0. The van der Waals surface area contributed by atoms with E-state index in [1.807, 2.05) is 127 Å². The molecule has 59 heavy (non-hydrogen) atoms. The van der Waals surface area contributed by atoms with Gasteiger partial charge in [-0.25, -0.2) is 0 Å². The normalized spacial score (nSPS) is 9.92. The van der Waals surface area contributed by atoms with Crippen molar-refractivity contribution in [2.75, 3.05) is 19.6 Å². The fourth-order valence-electron chi connectivity index (χ4n) is 5.87. The zero-order valence-corrected chi connectivity index (χ0v) is 33.0. The number of carbonyl (C=O) groups excluding carboxylic acids is 3. The number of hydrogen-bond acceptors (Lipinski definition) is 13. The third-order valence-corrected chi connectivity index (χ3v) is 8.17. The Morgan fingerprint density at radius 1 is 0.407 bits per heavy atom. The molecule has 0 spiro atoms. The van der Waals surface area contributed by atoms with Gasteiger partial charge in [-0.3, -0.25) is 19.3 Å². The van der Waals surface area contributed by atoms with Gasteiger partial charge in [0.1, 0.15) is 0 Å². The van der Waals surface area contributed by atoms with Gasteiger partial charge in [0.25, 0.3) is 0 Å². The van der Waals surface area contributed by atoms with Gasteiger partial charge >= 0.3 is 38.6 Å². The first kappa shape index (κ1) is 48.5. The Morgan fingerprint density at radius 2 is 0.627 bits per heavy atom. The number of hydrogen-bond donors (Lipinski definition) is 3. The van der Waals surface area contributed by atoms with E-state index in [0.717, 1.165) is 49.0 Å². The van der Waals surface area contributed by atoms with Crippen LogP contribution in [0, 0.1) is 84.6 Å². The fourth-order valence-corrected chi connectivity index (χ4v) is 5.87. The zero-order valence-electron chi connectivity index (χ0n) is 30.9. The van der Waals surface area contributed by atoms with E-state index in [9.17, 15) is 14.4 Å². The summed E-state index contributed by atoms with van der Waals surface area (Å²) in [6.07, 6.45) is 0. The van der Waals surface area contributed by atoms with Gasteiger partial charge in [-0.1, -0.05) is 127 Å². The predicted molar refractivity (Wildman–Crippen MR) is 215 cm³/mol. The van der Waals surface area contributed by atoms with Gasteiger partial charge in [0.05, 0.1) is 34.9 Å². The van der Waals surface area contributed by atoms with Crippen molar-refractivity contribution in [2.45, 2.75) is 19.6 Å². The summed E-state index contributed by atoms with van der Waals surface area (Å²) in [6.45, 7) is 0.716. The van der Waals surface area contributed by atoms with E-state index >= 15 is 0 Å². The first-order chi connectivity index (χ1) is 27.7. The second kappa shape index (κ2) is 25.6. The number of fused-ring (bicyclic) bond motifs is 3. The van der Waals surface area contributed by atoms with E-state index < -0.39 is 15.3 Å².